The lowest BCUT2D eigenvalue weighted by atomic mass is 9.99. The summed E-state index contributed by atoms with van der Waals surface area (Å²) in [5, 5.41) is 2.33. The predicted molar refractivity (Wildman–Crippen MR) is 121 cm³/mol. The third-order valence-corrected chi connectivity index (χ3v) is 6.96. The number of halogens is 1. The van der Waals surface area contributed by atoms with Crippen LogP contribution in [0, 0.1) is 5.82 Å². The largest absolute Gasteiger partial charge is 0.335 e. The van der Waals surface area contributed by atoms with E-state index in [1.807, 2.05) is 40.6 Å². The molecular formula is C24H23FN4O2S. The van der Waals surface area contributed by atoms with Crippen molar-refractivity contribution in [1.29, 1.82) is 0 Å². The number of likely N-dealkylation sites (tertiary alicyclic amines) is 1. The van der Waals surface area contributed by atoms with Gasteiger partial charge in [-0.05, 0) is 11.6 Å². The maximum Gasteiger partial charge on any atom is 0.282 e. The Bertz CT molecular complexity index is 1110. The Morgan fingerprint density at radius 3 is 2.34 bits per heavy atom. The van der Waals surface area contributed by atoms with Crippen molar-refractivity contribution in [2.75, 3.05) is 39.3 Å². The molecule has 2 aliphatic rings. The smallest absolute Gasteiger partial charge is 0.282 e. The van der Waals surface area contributed by atoms with Gasteiger partial charge in [0, 0.05) is 62.5 Å². The summed E-state index contributed by atoms with van der Waals surface area (Å²) in [4.78, 5) is 35.3. The molecule has 5 rings (SSSR count). The minimum absolute atomic E-state index is 0.0150. The second-order valence-corrected chi connectivity index (χ2v) is 8.96. The van der Waals surface area contributed by atoms with E-state index in [1.165, 1.54) is 11.3 Å². The van der Waals surface area contributed by atoms with Crippen LogP contribution in [0.15, 0.2) is 60.1 Å². The van der Waals surface area contributed by atoms with E-state index in [4.69, 9.17) is 0 Å². The fraction of sp³-hybridized carbons (Fsp3) is 0.292. The summed E-state index contributed by atoms with van der Waals surface area (Å²) in [5.74, 6) is -0.755. The van der Waals surface area contributed by atoms with Crippen LogP contribution in [-0.2, 0) is 0 Å². The molecule has 164 valence electrons. The zero-order valence-corrected chi connectivity index (χ0v) is 18.3. The van der Waals surface area contributed by atoms with Gasteiger partial charge in [-0.3, -0.25) is 14.5 Å². The zero-order valence-electron chi connectivity index (χ0n) is 17.5. The molecule has 0 bridgehead atoms. The number of nitrogens with zero attached hydrogens (tertiary/aromatic N) is 4. The van der Waals surface area contributed by atoms with Crippen molar-refractivity contribution in [3.05, 3.63) is 76.5 Å². The highest BCUT2D eigenvalue weighted by atomic mass is 32.1. The van der Waals surface area contributed by atoms with Crippen LogP contribution in [0.2, 0.25) is 0 Å². The van der Waals surface area contributed by atoms with Crippen LogP contribution in [0.5, 0.6) is 0 Å². The Kier molecular flexibility index (Phi) is 5.71. The Balaban J connectivity index is 1.18. The van der Waals surface area contributed by atoms with Gasteiger partial charge in [0.25, 0.3) is 11.8 Å². The van der Waals surface area contributed by atoms with E-state index in [2.05, 4.69) is 9.88 Å². The van der Waals surface area contributed by atoms with Crippen molar-refractivity contribution >= 4 is 23.2 Å². The molecule has 1 aromatic heterocycles. The van der Waals surface area contributed by atoms with Crippen LogP contribution < -0.4 is 0 Å². The van der Waals surface area contributed by atoms with E-state index >= 15 is 4.39 Å². The monoisotopic (exact) mass is 450 g/mol. The maximum atomic E-state index is 15.1. The molecule has 2 aromatic carbocycles. The number of carbonyl (C=O) groups excluding carboxylic acids is 2. The molecule has 0 aliphatic carbocycles. The minimum atomic E-state index is -0.471. The van der Waals surface area contributed by atoms with Crippen LogP contribution >= 0.6 is 11.3 Å². The van der Waals surface area contributed by atoms with E-state index < -0.39 is 5.82 Å². The highest BCUT2D eigenvalue weighted by Crippen LogP contribution is 2.27. The van der Waals surface area contributed by atoms with E-state index in [9.17, 15) is 9.59 Å². The number of rotatable bonds is 4. The lowest BCUT2D eigenvalue weighted by molar-refractivity contribution is 0.00831. The fourth-order valence-electron chi connectivity index (χ4n) is 4.31. The number of piperazine rings is 1. The highest BCUT2D eigenvalue weighted by Gasteiger charge is 2.38. The van der Waals surface area contributed by atoms with Crippen LogP contribution in [0.25, 0.3) is 11.1 Å². The second kappa shape index (κ2) is 8.80. The fourth-order valence-corrected chi connectivity index (χ4v) is 4.92. The molecule has 0 unspecified atom stereocenters. The molecule has 0 saturated carbocycles. The third kappa shape index (κ3) is 3.91. The molecule has 3 aromatic rings. The normalized spacial score (nSPS) is 17.3. The SMILES string of the molecule is O=C(c1nccs1)N1CCN(C2CN(C(=O)c3cccc(-c4ccccc4)c3F)C2)CC1. The maximum absolute atomic E-state index is 15.1. The van der Waals surface area contributed by atoms with Crippen LogP contribution in [0.1, 0.15) is 20.2 Å². The molecular weight excluding hydrogens is 427 g/mol. The van der Waals surface area contributed by atoms with Crippen molar-refractivity contribution in [3.8, 4) is 11.1 Å². The summed E-state index contributed by atoms with van der Waals surface area (Å²) < 4.78 is 15.1. The molecule has 0 radical (unpaired) electrons. The Labute approximate surface area is 189 Å². The van der Waals surface area contributed by atoms with Crippen molar-refractivity contribution in [1.82, 2.24) is 19.7 Å². The second-order valence-electron chi connectivity index (χ2n) is 8.06. The van der Waals surface area contributed by atoms with E-state index in [0.29, 0.717) is 36.8 Å². The average Bonchev–Trinajstić information content (AvgIpc) is 3.34. The quantitative estimate of drug-likeness (QED) is 0.613. The first kappa shape index (κ1) is 20.8. The number of hydrogen-bond donors (Lipinski definition) is 0. The van der Waals surface area contributed by atoms with E-state index in [-0.39, 0.29) is 23.4 Å². The summed E-state index contributed by atoms with van der Waals surface area (Å²) in [6.07, 6.45) is 1.65. The average molecular weight is 451 g/mol. The van der Waals surface area contributed by atoms with Crippen LogP contribution in [0.4, 0.5) is 4.39 Å². The lowest BCUT2D eigenvalue weighted by Gasteiger charge is -2.48. The van der Waals surface area contributed by atoms with Crippen molar-refractivity contribution < 1.29 is 14.0 Å². The lowest BCUT2D eigenvalue weighted by Crippen LogP contribution is -2.64. The topological polar surface area (TPSA) is 56.8 Å². The number of benzene rings is 2. The Hall–Kier alpha value is -3.10. The van der Waals surface area contributed by atoms with Crippen LogP contribution in [0.3, 0.4) is 0 Å². The summed E-state index contributed by atoms with van der Waals surface area (Å²) in [7, 11) is 0. The first-order valence-corrected chi connectivity index (χ1v) is 11.6. The standard InChI is InChI=1S/C24H23FN4O2S/c25-21-19(17-5-2-1-3-6-17)7-4-8-20(21)23(30)29-15-18(16-29)27-10-12-28(13-11-27)24(31)22-26-9-14-32-22/h1-9,14,18H,10-13,15-16H2. The van der Waals surface area contributed by atoms with Crippen molar-refractivity contribution in [2.24, 2.45) is 0 Å². The van der Waals surface area contributed by atoms with E-state index in [1.54, 1.807) is 29.3 Å². The molecule has 2 amide bonds. The Morgan fingerprint density at radius 1 is 0.906 bits per heavy atom. The molecule has 2 aliphatic heterocycles. The number of thiazole rings is 1. The number of aromatic nitrogens is 1. The molecule has 2 fully saturated rings. The third-order valence-electron chi connectivity index (χ3n) is 6.20. The summed E-state index contributed by atoms with van der Waals surface area (Å²) >= 11 is 1.36. The van der Waals surface area contributed by atoms with Crippen molar-refractivity contribution in [3.63, 3.8) is 0 Å². The van der Waals surface area contributed by atoms with Gasteiger partial charge < -0.3 is 9.80 Å². The van der Waals surface area contributed by atoms with Gasteiger partial charge in [0.1, 0.15) is 5.82 Å². The molecule has 3 heterocycles. The highest BCUT2D eigenvalue weighted by molar-refractivity contribution is 7.11. The summed E-state index contributed by atoms with van der Waals surface area (Å²) in [6.45, 7) is 3.99. The van der Waals surface area contributed by atoms with Gasteiger partial charge in [-0.1, -0.05) is 42.5 Å². The molecule has 8 heteroatoms. The number of hydrogen-bond acceptors (Lipinski definition) is 5. The van der Waals surface area contributed by atoms with Gasteiger partial charge in [0.15, 0.2) is 5.01 Å². The first-order valence-electron chi connectivity index (χ1n) is 10.7. The minimum Gasteiger partial charge on any atom is -0.335 e. The number of amides is 2. The van der Waals surface area contributed by atoms with Gasteiger partial charge >= 0.3 is 0 Å². The molecule has 6 nitrogen and oxygen atoms in total. The predicted octanol–water partition coefficient (Wildman–Crippen LogP) is 3.23. The van der Waals surface area contributed by atoms with E-state index in [0.717, 1.165) is 18.7 Å². The van der Waals surface area contributed by atoms with Gasteiger partial charge in [0.2, 0.25) is 0 Å². The van der Waals surface area contributed by atoms with Crippen LogP contribution in [-0.4, -0.2) is 76.8 Å². The number of carbonyl (C=O) groups is 2. The molecule has 32 heavy (non-hydrogen) atoms. The molecule has 2 saturated heterocycles. The Morgan fingerprint density at radius 2 is 1.66 bits per heavy atom. The zero-order chi connectivity index (χ0) is 22.1. The van der Waals surface area contributed by atoms with Gasteiger partial charge in [-0.15, -0.1) is 11.3 Å². The van der Waals surface area contributed by atoms with Gasteiger partial charge in [-0.25, -0.2) is 9.37 Å². The summed E-state index contributed by atoms with van der Waals surface area (Å²) in [5.41, 5.74) is 1.31. The molecule has 0 atom stereocenters. The molecule has 0 spiro atoms. The van der Waals surface area contributed by atoms with Crippen molar-refractivity contribution in [2.45, 2.75) is 6.04 Å². The summed E-state index contributed by atoms with van der Waals surface area (Å²) in [6, 6.07) is 14.5. The van der Waals surface area contributed by atoms with Gasteiger partial charge in [-0.2, -0.15) is 0 Å². The van der Waals surface area contributed by atoms with Gasteiger partial charge in [0.05, 0.1) is 5.56 Å². The first-order chi connectivity index (χ1) is 15.6. The molecule has 0 N–H and O–H groups in total.